The van der Waals surface area contributed by atoms with E-state index in [0.717, 1.165) is 41.7 Å². The van der Waals surface area contributed by atoms with Crippen molar-refractivity contribution in [1.29, 1.82) is 5.26 Å². The van der Waals surface area contributed by atoms with Crippen molar-refractivity contribution in [3.05, 3.63) is 122 Å². The van der Waals surface area contributed by atoms with Crippen LogP contribution < -0.4 is 10.2 Å². The zero-order valence-electron chi connectivity index (χ0n) is 31.5. The van der Waals surface area contributed by atoms with Crippen molar-refractivity contribution in [2.75, 3.05) is 13.2 Å². The summed E-state index contributed by atoms with van der Waals surface area (Å²) in [6.45, 7) is 4.22. The van der Waals surface area contributed by atoms with Crippen molar-refractivity contribution in [2.24, 2.45) is 7.05 Å². The van der Waals surface area contributed by atoms with Crippen LogP contribution in [-0.2, 0) is 29.4 Å². The number of H-pyrrole nitrogens is 1. The van der Waals surface area contributed by atoms with Crippen LogP contribution in [0.5, 0.6) is 0 Å². The molecule has 2 unspecified atom stereocenters. The molecule has 8 rings (SSSR count). The lowest BCUT2D eigenvalue weighted by Crippen LogP contribution is -2.58. The van der Waals surface area contributed by atoms with Gasteiger partial charge in [-0.05, 0) is 92.1 Å². The summed E-state index contributed by atoms with van der Waals surface area (Å²) >= 11 is 0.730. The van der Waals surface area contributed by atoms with Crippen LogP contribution in [0.2, 0.25) is 0 Å². The number of amides is 2. The van der Waals surface area contributed by atoms with E-state index in [1.165, 1.54) is 23.1 Å². The molecule has 2 aliphatic heterocycles. The van der Waals surface area contributed by atoms with Gasteiger partial charge in [-0.25, -0.2) is 13.5 Å². The topological polar surface area (TPSA) is 164 Å². The predicted octanol–water partition coefficient (Wildman–Crippen LogP) is 5.77. The van der Waals surface area contributed by atoms with Gasteiger partial charge in [-0.3, -0.25) is 24.0 Å². The zero-order valence-corrected chi connectivity index (χ0v) is 32.3. The molecular formula is C41H39F2N9O4S. The Morgan fingerprint density at radius 2 is 1.91 bits per heavy atom. The van der Waals surface area contributed by atoms with Gasteiger partial charge < -0.3 is 15.0 Å². The molecule has 5 heterocycles. The summed E-state index contributed by atoms with van der Waals surface area (Å²) in [6, 6.07) is 13.3. The first-order valence-electron chi connectivity index (χ1n) is 18.7. The first-order valence-corrected chi connectivity index (χ1v) is 19.5. The normalized spacial score (nSPS) is 16.9. The van der Waals surface area contributed by atoms with Gasteiger partial charge in [0, 0.05) is 60.8 Å². The Labute approximate surface area is 330 Å². The molecule has 3 aromatic carbocycles. The molecular weight excluding hydrogens is 753 g/mol. The van der Waals surface area contributed by atoms with Crippen LogP contribution in [-0.4, -0.2) is 70.4 Å². The molecule has 1 saturated heterocycles. The molecule has 2 aliphatic rings. The lowest BCUT2D eigenvalue weighted by Gasteiger charge is -2.39. The number of ether oxygens (including phenoxy) is 1. The molecule has 57 heavy (non-hydrogen) atoms. The SMILES string of the molecule is Cn1cc(C[C@H](C(=O)NC(C)(C)C(c2ccc(F)cc2)c2nsc(=O)[nH]2)N2CCc3c(-c4cc5cnn(C6CCCCO6)c5cc4C#N)ccc(F)c3C2=O)cn1. The Hall–Kier alpha value is -6.05. The van der Waals surface area contributed by atoms with Crippen LogP contribution in [0.25, 0.3) is 22.0 Å². The Morgan fingerprint density at radius 3 is 2.60 bits per heavy atom. The standard InChI is InChI=1S/C41H39F2N9O4S/c1-41(2,36(37-47-40(55)57-49-37)24-7-9-27(42)10-8-24)48-38(53)33(16-23-20-45-50(3)22-23)51-14-13-29-28(11-12-31(43)35(29)39(51)54)30-17-26-21-46-52(32(26)18-25(30)19-44)34-6-4-5-15-56-34/h7-12,17-18,20-22,33-34,36H,4-6,13-16H2,1-3H3,(H,48,53)(H,47,49,55)/t33-,34?,36?/m1/s1. The van der Waals surface area contributed by atoms with E-state index in [0.29, 0.717) is 40.0 Å². The summed E-state index contributed by atoms with van der Waals surface area (Å²) < 4.78 is 43.7. The number of hydrogen-bond donors (Lipinski definition) is 2. The van der Waals surface area contributed by atoms with E-state index in [4.69, 9.17) is 4.74 Å². The molecule has 2 amide bonds. The largest absolute Gasteiger partial charge is 0.356 e. The van der Waals surface area contributed by atoms with Gasteiger partial charge in [0.1, 0.15) is 23.5 Å². The second-order valence-corrected chi connectivity index (χ2v) is 15.8. The van der Waals surface area contributed by atoms with Crippen molar-refractivity contribution in [1.82, 2.24) is 39.1 Å². The average Bonchev–Trinajstić information content (AvgIpc) is 3.94. The molecule has 16 heteroatoms. The molecule has 3 aromatic heterocycles. The van der Waals surface area contributed by atoms with Gasteiger partial charge in [-0.2, -0.15) is 19.8 Å². The van der Waals surface area contributed by atoms with Crippen molar-refractivity contribution in [2.45, 2.75) is 69.7 Å². The number of halogens is 2. The number of hydrogen-bond acceptors (Lipinski definition) is 9. The second-order valence-electron chi connectivity index (χ2n) is 15.1. The molecule has 6 aromatic rings. The molecule has 0 saturated carbocycles. The summed E-state index contributed by atoms with van der Waals surface area (Å²) in [6.07, 6.45) is 7.91. The van der Waals surface area contributed by atoms with Gasteiger partial charge in [0.25, 0.3) is 5.91 Å². The number of carbonyl (C=O) groups excluding carboxylic acids is 2. The van der Waals surface area contributed by atoms with E-state index in [-0.39, 0.29) is 37.0 Å². The highest BCUT2D eigenvalue weighted by Gasteiger charge is 2.42. The van der Waals surface area contributed by atoms with Gasteiger partial charge in [0.15, 0.2) is 6.23 Å². The average molecular weight is 792 g/mol. The molecule has 0 bridgehead atoms. The van der Waals surface area contributed by atoms with Gasteiger partial charge in [-0.15, -0.1) is 0 Å². The highest BCUT2D eigenvalue weighted by molar-refractivity contribution is 7.02. The number of carbonyl (C=O) groups is 2. The number of fused-ring (bicyclic) bond motifs is 2. The third-order valence-electron chi connectivity index (χ3n) is 10.9. The minimum Gasteiger partial charge on any atom is -0.356 e. The highest BCUT2D eigenvalue weighted by Crippen LogP contribution is 2.38. The van der Waals surface area contributed by atoms with Crippen LogP contribution in [0.15, 0.2) is 71.9 Å². The van der Waals surface area contributed by atoms with Gasteiger partial charge in [-0.1, -0.05) is 18.2 Å². The molecule has 0 aliphatic carbocycles. The van der Waals surface area contributed by atoms with Crippen LogP contribution in [0.4, 0.5) is 8.78 Å². The number of nitrogens with zero attached hydrogens (tertiary/aromatic N) is 7. The Kier molecular flexibility index (Phi) is 10.0. The first-order chi connectivity index (χ1) is 27.4. The summed E-state index contributed by atoms with van der Waals surface area (Å²) in [4.78, 5) is 45.2. The van der Waals surface area contributed by atoms with E-state index in [2.05, 4.69) is 30.9 Å². The number of nitrogens with one attached hydrogen (secondary N) is 2. The minimum absolute atomic E-state index is 0.0663. The quantitative estimate of drug-likeness (QED) is 0.177. The van der Waals surface area contributed by atoms with Crippen molar-refractivity contribution < 1.29 is 23.1 Å². The predicted molar refractivity (Wildman–Crippen MR) is 207 cm³/mol. The third-order valence-corrected chi connectivity index (χ3v) is 11.4. The van der Waals surface area contributed by atoms with Gasteiger partial charge >= 0.3 is 4.87 Å². The summed E-state index contributed by atoms with van der Waals surface area (Å²) in [5, 5.41) is 23.1. The Morgan fingerprint density at radius 1 is 1.11 bits per heavy atom. The lowest BCUT2D eigenvalue weighted by molar-refractivity contribution is -0.127. The number of nitriles is 1. The number of benzene rings is 3. The molecule has 13 nitrogen and oxygen atoms in total. The fourth-order valence-electron chi connectivity index (χ4n) is 8.25. The van der Waals surface area contributed by atoms with Gasteiger partial charge in [0.05, 0.1) is 41.0 Å². The minimum atomic E-state index is -1.14. The second kappa shape index (κ2) is 15.1. The van der Waals surface area contributed by atoms with Crippen LogP contribution in [0.3, 0.4) is 0 Å². The van der Waals surface area contributed by atoms with Crippen LogP contribution in [0, 0.1) is 23.0 Å². The molecule has 0 spiro atoms. The van der Waals surface area contributed by atoms with E-state index in [1.807, 2.05) is 6.07 Å². The number of aryl methyl sites for hydroxylation is 1. The fourth-order valence-corrected chi connectivity index (χ4v) is 8.73. The lowest BCUT2D eigenvalue weighted by atomic mass is 9.80. The van der Waals surface area contributed by atoms with E-state index < -0.39 is 45.8 Å². The molecule has 2 N–H and O–H groups in total. The zero-order chi connectivity index (χ0) is 40.0. The monoisotopic (exact) mass is 791 g/mol. The third kappa shape index (κ3) is 7.24. The summed E-state index contributed by atoms with van der Waals surface area (Å²) in [5.74, 6) is -2.82. The maximum atomic E-state index is 16.0. The van der Waals surface area contributed by atoms with E-state index in [9.17, 15) is 24.0 Å². The van der Waals surface area contributed by atoms with Crippen molar-refractivity contribution >= 4 is 34.2 Å². The van der Waals surface area contributed by atoms with Crippen LogP contribution in [0.1, 0.15) is 83.7 Å². The Balaban J connectivity index is 1.15. The van der Waals surface area contributed by atoms with Crippen molar-refractivity contribution in [3.63, 3.8) is 0 Å². The number of rotatable bonds is 10. The summed E-state index contributed by atoms with van der Waals surface area (Å²) in [7, 11) is 1.74. The summed E-state index contributed by atoms with van der Waals surface area (Å²) in [5.41, 5.74) is 2.59. The van der Waals surface area contributed by atoms with Gasteiger partial charge in [0.2, 0.25) is 5.91 Å². The highest BCUT2D eigenvalue weighted by atomic mass is 32.1. The Bertz CT molecular complexity index is 2600. The van der Waals surface area contributed by atoms with Crippen molar-refractivity contribution in [3.8, 4) is 17.2 Å². The van der Waals surface area contributed by atoms with E-state index >= 15 is 4.39 Å². The number of aromatic nitrogens is 6. The first kappa shape index (κ1) is 37.9. The fraction of sp³-hybridized carbons (Fsp3) is 0.341. The molecule has 3 atom stereocenters. The smallest absolute Gasteiger partial charge is 0.323 e. The van der Waals surface area contributed by atoms with Crippen LogP contribution >= 0.6 is 11.5 Å². The maximum absolute atomic E-state index is 16.0. The van der Waals surface area contributed by atoms with E-state index in [1.54, 1.807) is 73.1 Å². The number of aromatic amines is 1. The molecule has 292 valence electrons. The maximum Gasteiger partial charge on any atom is 0.323 e. The molecule has 0 radical (unpaired) electrons. The molecule has 1 fully saturated rings.